The SMILES string of the molecule is COc1ccccc1C(=O)NCCC(=O)Nc1cccc(CN(C)C(C)=O)c1. The van der Waals surface area contributed by atoms with Crippen molar-refractivity contribution in [1.82, 2.24) is 10.2 Å². The predicted molar refractivity (Wildman–Crippen MR) is 107 cm³/mol. The summed E-state index contributed by atoms with van der Waals surface area (Å²) in [6.07, 6.45) is 0.137. The molecule has 0 heterocycles. The molecule has 0 aliphatic carbocycles. The highest BCUT2D eigenvalue weighted by molar-refractivity contribution is 5.97. The first kappa shape index (κ1) is 21.0. The van der Waals surface area contributed by atoms with Crippen molar-refractivity contribution in [3.05, 3.63) is 59.7 Å². The Bertz CT molecular complexity index is 851. The molecule has 0 unspecified atom stereocenters. The van der Waals surface area contributed by atoms with Crippen molar-refractivity contribution in [2.75, 3.05) is 26.0 Å². The van der Waals surface area contributed by atoms with Gasteiger partial charge in [-0.15, -0.1) is 0 Å². The number of rotatable bonds is 8. The zero-order valence-electron chi connectivity index (χ0n) is 16.3. The summed E-state index contributed by atoms with van der Waals surface area (Å²) in [6.45, 7) is 2.18. The molecule has 3 amide bonds. The van der Waals surface area contributed by atoms with Crippen molar-refractivity contribution in [2.45, 2.75) is 19.9 Å². The molecule has 2 rings (SSSR count). The van der Waals surface area contributed by atoms with Gasteiger partial charge in [-0.2, -0.15) is 0 Å². The summed E-state index contributed by atoms with van der Waals surface area (Å²) in [5, 5.41) is 5.52. The molecule has 0 saturated carbocycles. The molecule has 2 N–H and O–H groups in total. The van der Waals surface area contributed by atoms with Crippen molar-refractivity contribution in [2.24, 2.45) is 0 Å². The average Bonchev–Trinajstić information content (AvgIpc) is 2.68. The van der Waals surface area contributed by atoms with Gasteiger partial charge in [0, 0.05) is 39.2 Å². The van der Waals surface area contributed by atoms with Crippen LogP contribution in [0.2, 0.25) is 0 Å². The fraction of sp³-hybridized carbons (Fsp3) is 0.286. The Morgan fingerprint density at radius 2 is 1.82 bits per heavy atom. The Labute approximate surface area is 164 Å². The molecule has 2 aromatic rings. The Hall–Kier alpha value is -3.35. The highest BCUT2D eigenvalue weighted by atomic mass is 16.5. The van der Waals surface area contributed by atoms with Gasteiger partial charge in [-0.25, -0.2) is 0 Å². The first-order valence-electron chi connectivity index (χ1n) is 8.92. The van der Waals surface area contributed by atoms with Crippen LogP contribution in [0.25, 0.3) is 0 Å². The maximum atomic E-state index is 12.2. The Morgan fingerprint density at radius 3 is 2.54 bits per heavy atom. The van der Waals surface area contributed by atoms with E-state index in [9.17, 15) is 14.4 Å². The van der Waals surface area contributed by atoms with Gasteiger partial charge >= 0.3 is 0 Å². The van der Waals surface area contributed by atoms with Gasteiger partial charge in [0.15, 0.2) is 0 Å². The summed E-state index contributed by atoms with van der Waals surface area (Å²) in [5.41, 5.74) is 1.99. The molecule has 28 heavy (non-hydrogen) atoms. The molecule has 0 fully saturated rings. The van der Waals surface area contributed by atoms with Gasteiger partial charge in [-0.1, -0.05) is 24.3 Å². The van der Waals surface area contributed by atoms with Gasteiger partial charge in [0.2, 0.25) is 11.8 Å². The molecule has 2 aromatic carbocycles. The number of benzene rings is 2. The van der Waals surface area contributed by atoms with Gasteiger partial charge < -0.3 is 20.3 Å². The minimum absolute atomic E-state index is 0.0276. The van der Waals surface area contributed by atoms with Crippen molar-refractivity contribution in [1.29, 1.82) is 0 Å². The number of para-hydroxylation sites is 1. The maximum absolute atomic E-state index is 12.2. The lowest BCUT2D eigenvalue weighted by Crippen LogP contribution is -2.28. The number of carbonyl (C=O) groups is 3. The number of hydrogen-bond donors (Lipinski definition) is 2. The second-order valence-electron chi connectivity index (χ2n) is 6.33. The van der Waals surface area contributed by atoms with E-state index < -0.39 is 0 Å². The minimum atomic E-state index is -0.292. The lowest BCUT2D eigenvalue weighted by Gasteiger charge is -2.15. The van der Waals surface area contributed by atoms with Crippen LogP contribution < -0.4 is 15.4 Å². The lowest BCUT2D eigenvalue weighted by atomic mass is 10.2. The topological polar surface area (TPSA) is 87.7 Å². The Kier molecular flexibility index (Phi) is 7.56. The quantitative estimate of drug-likeness (QED) is 0.733. The van der Waals surface area contributed by atoms with Crippen LogP contribution >= 0.6 is 0 Å². The Balaban J connectivity index is 1.84. The molecule has 0 bridgehead atoms. The molecular weight excluding hydrogens is 358 g/mol. The second-order valence-corrected chi connectivity index (χ2v) is 6.33. The zero-order chi connectivity index (χ0) is 20.5. The standard InChI is InChI=1S/C21H25N3O4/c1-15(25)24(2)14-16-7-6-8-17(13-16)23-20(26)11-12-22-21(27)18-9-4-5-10-19(18)28-3/h4-10,13H,11-12,14H2,1-3H3,(H,22,27)(H,23,26). The second kappa shape index (κ2) is 10.1. The number of methoxy groups -OCH3 is 1. The lowest BCUT2D eigenvalue weighted by molar-refractivity contribution is -0.128. The molecule has 0 atom stereocenters. The molecule has 0 aromatic heterocycles. The third kappa shape index (κ3) is 6.12. The number of carbonyl (C=O) groups excluding carboxylic acids is 3. The van der Waals surface area contributed by atoms with Crippen molar-refractivity contribution < 1.29 is 19.1 Å². The summed E-state index contributed by atoms with van der Waals surface area (Å²) in [6, 6.07) is 14.2. The number of ether oxygens (including phenoxy) is 1. The first-order chi connectivity index (χ1) is 13.4. The monoisotopic (exact) mass is 383 g/mol. The van der Waals surface area contributed by atoms with E-state index >= 15 is 0 Å². The van der Waals surface area contributed by atoms with Crippen molar-refractivity contribution in [3.63, 3.8) is 0 Å². The first-order valence-corrected chi connectivity index (χ1v) is 8.92. The number of nitrogens with zero attached hydrogens (tertiary/aromatic N) is 1. The van der Waals surface area contributed by atoms with Crippen molar-refractivity contribution >= 4 is 23.4 Å². The number of anilines is 1. The number of nitrogens with one attached hydrogen (secondary N) is 2. The van der Waals surface area contributed by atoms with E-state index in [1.54, 1.807) is 42.3 Å². The summed E-state index contributed by atoms with van der Waals surface area (Å²) in [7, 11) is 3.22. The molecule has 7 heteroatoms. The molecule has 0 radical (unpaired) electrons. The van der Waals surface area contributed by atoms with Crippen molar-refractivity contribution in [3.8, 4) is 5.75 Å². The van der Waals surface area contributed by atoms with E-state index in [-0.39, 0.29) is 30.7 Å². The van der Waals surface area contributed by atoms with Crippen LogP contribution in [0, 0.1) is 0 Å². The minimum Gasteiger partial charge on any atom is -0.496 e. The molecule has 0 saturated heterocycles. The fourth-order valence-corrected chi connectivity index (χ4v) is 2.57. The molecule has 0 aliphatic heterocycles. The van der Waals surface area contributed by atoms with Gasteiger partial charge in [0.05, 0.1) is 12.7 Å². The summed E-state index contributed by atoms with van der Waals surface area (Å²) in [5.74, 6) is -0.0473. The molecule has 148 valence electrons. The van der Waals surface area contributed by atoms with Crippen LogP contribution in [0.4, 0.5) is 5.69 Å². The average molecular weight is 383 g/mol. The van der Waals surface area contributed by atoms with Crippen LogP contribution in [0.5, 0.6) is 5.75 Å². The van der Waals surface area contributed by atoms with Gasteiger partial charge in [-0.05, 0) is 29.8 Å². The van der Waals surface area contributed by atoms with E-state index in [1.165, 1.54) is 14.0 Å². The smallest absolute Gasteiger partial charge is 0.255 e. The van der Waals surface area contributed by atoms with E-state index in [1.807, 2.05) is 18.2 Å². The third-order valence-electron chi connectivity index (χ3n) is 4.16. The molecule has 0 spiro atoms. The van der Waals surface area contributed by atoms with Gasteiger partial charge in [0.1, 0.15) is 5.75 Å². The van der Waals surface area contributed by atoms with Crippen LogP contribution in [-0.4, -0.2) is 43.3 Å². The maximum Gasteiger partial charge on any atom is 0.255 e. The summed E-state index contributed by atoms with van der Waals surface area (Å²) >= 11 is 0. The highest BCUT2D eigenvalue weighted by Crippen LogP contribution is 2.17. The largest absolute Gasteiger partial charge is 0.496 e. The van der Waals surface area contributed by atoms with Gasteiger partial charge in [-0.3, -0.25) is 14.4 Å². The predicted octanol–water partition coefficient (Wildman–Crippen LogP) is 2.43. The number of hydrogen-bond acceptors (Lipinski definition) is 4. The van der Waals surface area contributed by atoms with E-state index in [4.69, 9.17) is 4.74 Å². The van der Waals surface area contributed by atoms with Crippen LogP contribution in [0.1, 0.15) is 29.3 Å². The van der Waals surface area contributed by atoms with E-state index in [0.717, 1.165) is 5.56 Å². The molecule has 0 aliphatic rings. The van der Waals surface area contributed by atoms with E-state index in [2.05, 4.69) is 10.6 Å². The van der Waals surface area contributed by atoms with Gasteiger partial charge in [0.25, 0.3) is 5.91 Å². The Morgan fingerprint density at radius 1 is 1.07 bits per heavy atom. The van der Waals surface area contributed by atoms with Crippen LogP contribution in [0.15, 0.2) is 48.5 Å². The molecule has 7 nitrogen and oxygen atoms in total. The van der Waals surface area contributed by atoms with Crippen LogP contribution in [0.3, 0.4) is 0 Å². The summed E-state index contributed by atoms with van der Waals surface area (Å²) < 4.78 is 5.16. The van der Waals surface area contributed by atoms with E-state index in [0.29, 0.717) is 23.5 Å². The fourth-order valence-electron chi connectivity index (χ4n) is 2.57. The number of amides is 3. The zero-order valence-corrected chi connectivity index (χ0v) is 16.3. The summed E-state index contributed by atoms with van der Waals surface area (Å²) in [4.78, 5) is 37.3. The highest BCUT2D eigenvalue weighted by Gasteiger charge is 2.12. The third-order valence-corrected chi connectivity index (χ3v) is 4.16. The van der Waals surface area contributed by atoms with Crippen LogP contribution in [-0.2, 0) is 16.1 Å². The molecular formula is C21H25N3O4. The normalized spacial score (nSPS) is 10.1.